The molecule has 5 atom stereocenters. The number of hydrogen-bond donors (Lipinski definition) is 4. The highest BCUT2D eigenvalue weighted by Gasteiger charge is 2.46. The fourth-order valence-corrected chi connectivity index (χ4v) is 2.87. The van der Waals surface area contributed by atoms with E-state index in [0.717, 1.165) is 4.57 Å². The van der Waals surface area contributed by atoms with Crippen LogP contribution in [0.4, 0.5) is 0 Å². The van der Waals surface area contributed by atoms with E-state index in [1.807, 2.05) is 6.92 Å². The summed E-state index contributed by atoms with van der Waals surface area (Å²) in [6.07, 6.45) is -2.59. The first kappa shape index (κ1) is 21.1. The van der Waals surface area contributed by atoms with Crippen LogP contribution in [0.15, 0.2) is 15.8 Å². The summed E-state index contributed by atoms with van der Waals surface area (Å²) in [6, 6.07) is 0. The number of aromatic amines is 1. The number of aromatic nitrogens is 2. The summed E-state index contributed by atoms with van der Waals surface area (Å²) in [4.78, 5) is 35.0. The smallest absolute Gasteiger partial charge is 0.330 e. The Bertz CT molecular complexity index is 694. The summed E-state index contributed by atoms with van der Waals surface area (Å²) in [7, 11) is -2.12. The van der Waals surface area contributed by atoms with Crippen molar-refractivity contribution in [1.29, 1.82) is 0 Å². The molecule has 1 aliphatic heterocycles. The molecule has 26 heavy (non-hydrogen) atoms. The third-order valence-corrected chi connectivity index (χ3v) is 4.26. The Morgan fingerprint density at radius 2 is 2.15 bits per heavy atom. The van der Waals surface area contributed by atoms with Gasteiger partial charge in [0, 0.05) is 18.4 Å². The lowest BCUT2D eigenvalue weighted by atomic mass is 10.1. The molecule has 1 aromatic heterocycles. The Labute approximate surface area is 150 Å². The fraction of sp³-hybridized carbons (Fsp3) is 0.714. The summed E-state index contributed by atoms with van der Waals surface area (Å²) in [5.41, 5.74) is 4.29. The molecule has 1 unspecified atom stereocenters. The maximum absolute atomic E-state index is 12.2. The van der Waals surface area contributed by atoms with Gasteiger partial charge in [0.25, 0.3) is 5.56 Å². The molecule has 2 rings (SSSR count). The van der Waals surface area contributed by atoms with Crippen molar-refractivity contribution in [1.82, 2.24) is 9.55 Å². The lowest BCUT2D eigenvalue weighted by molar-refractivity contribution is -0.0833. The second-order valence-corrected chi connectivity index (χ2v) is 6.53. The first-order valence-electron chi connectivity index (χ1n) is 8.06. The van der Waals surface area contributed by atoms with Crippen LogP contribution in [0.3, 0.4) is 0 Å². The van der Waals surface area contributed by atoms with Crippen molar-refractivity contribution in [2.45, 2.75) is 38.4 Å². The SMILES string of the molecule is CCOCCO[C@@H]1[C@H](O)[C@@H](COP(N)O)O[C@H]1n1cc(C)c(=O)[nH]c1=O. The van der Waals surface area contributed by atoms with Gasteiger partial charge < -0.3 is 28.7 Å². The van der Waals surface area contributed by atoms with Gasteiger partial charge in [-0.15, -0.1) is 0 Å². The highest BCUT2D eigenvalue weighted by atomic mass is 31.2. The third-order valence-electron chi connectivity index (χ3n) is 3.85. The molecule has 0 aliphatic carbocycles. The van der Waals surface area contributed by atoms with E-state index in [1.165, 1.54) is 6.20 Å². The second-order valence-electron chi connectivity index (χ2n) is 5.66. The van der Waals surface area contributed by atoms with Crippen molar-refractivity contribution >= 4 is 8.53 Å². The average molecular weight is 393 g/mol. The minimum Gasteiger partial charge on any atom is -0.387 e. The Kier molecular flexibility index (Phi) is 7.86. The molecule has 0 saturated carbocycles. The standard InChI is InChI=1S/C14H24N3O8P/c1-3-22-4-5-23-11-10(18)9(7-24-26(15)21)25-13(11)17-6-8(2)12(19)16-14(17)20/h6,9-11,13,18,21H,3-5,7,15H2,1-2H3,(H,16,19,20)/t9-,10-,11-,13-,26?/m1/s1. The molecular formula is C14H24N3O8P. The van der Waals surface area contributed by atoms with Gasteiger partial charge in [-0.25, -0.2) is 4.79 Å². The molecular weight excluding hydrogens is 369 g/mol. The monoisotopic (exact) mass is 393 g/mol. The van der Waals surface area contributed by atoms with E-state index in [-0.39, 0.29) is 13.2 Å². The van der Waals surface area contributed by atoms with Gasteiger partial charge in [-0.3, -0.25) is 19.8 Å². The van der Waals surface area contributed by atoms with E-state index in [2.05, 4.69) is 4.98 Å². The minimum absolute atomic E-state index is 0.170. The molecule has 12 heteroatoms. The molecule has 5 N–H and O–H groups in total. The Morgan fingerprint density at radius 1 is 1.42 bits per heavy atom. The maximum atomic E-state index is 12.2. The summed E-state index contributed by atoms with van der Waals surface area (Å²) >= 11 is 0. The van der Waals surface area contributed by atoms with Crippen LogP contribution in [0, 0.1) is 6.92 Å². The fourth-order valence-electron chi connectivity index (χ4n) is 2.57. The van der Waals surface area contributed by atoms with Crippen LogP contribution in [0.5, 0.6) is 0 Å². The maximum Gasteiger partial charge on any atom is 0.330 e. The predicted octanol–water partition coefficient (Wildman–Crippen LogP) is -1.28. The van der Waals surface area contributed by atoms with E-state index in [4.69, 9.17) is 29.1 Å². The van der Waals surface area contributed by atoms with Crippen LogP contribution >= 0.6 is 8.53 Å². The van der Waals surface area contributed by atoms with Crippen molar-refractivity contribution in [3.63, 3.8) is 0 Å². The molecule has 1 fully saturated rings. The van der Waals surface area contributed by atoms with Gasteiger partial charge in [0.2, 0.25) is 8.53 Å². The summed E-state index contributed by atoms with van der Waals surface area (Å²) in [6.45, 7) is 4.19. The number of aryl methyl sites for hydroxylation is 1. The Hall–Kier alpha value is -1.17. The van der Waals surface area contributed by atoms with Gasteiger partial charge in [0.05, 0.1) is 19.8 Å². The first-order chi connectivity index (χ1) is 12.3. The summed E-state index contributed by atoms with van der Waals surface area (Å²) in [5, 5.41) is 10.5. The molecule has 1 saturated heterocycles. The Morgan fingerprint density at radius 3 is 2.81 bits per heavy atom. The number of hydrogen-bond acceptors (Lipinski definition) is 9. The second kappa shape index (κ2) is 9.67. The van der Waals surface area contributed by atoms with E-state index in [1.54, 1.807) is 6.92 Å². The van der Waals surface area contributed by atoms with Crippen LogP contribution < -0.4 is 16.8 Å². The van der Waals surface area contributed by atoms with Gasteiger partial charge in [-0.1, -0.05) is 0 Å². The van der Waals surface area contributed by atoms with Crippen molar-refractivity contribution in [3.8, 4) is 0 Å². The number of nitrogens with zero attached hydrogens (tertiary/aromatic N) is 1. The highest BCUT2D eigenvalue weighted by molar-refractivity contribution is 7.43. The first-order valence-corrected chi connectivity index (χ1v) is 9.34. The van der Waals surface area contributed by atoms with Crippen LogP contribution in [0.25, 0.3) is 0 Å². The van der Waals surface area contributed by atoms with Crippen molar-refractivity contribution < 1.29 is 28.7 Å². The van der Waals surface area contributed by atoms with E-state index >= 15 is 0 Å². The normalized spacial score (nSPS) is 27.0. The molecule has 11 nitrogen and oxygen atoms in total. The number of H-pyrrole nitrogens is 1. The number of aliphatic hydroxyl groups is 1. The molecule has 148 valence electrons. The molecule has 0 bridgehead atoms. The summed E-state index contributed by atoms with van der Waals surface area (Å²) in [5.74, 6) is 0. The zero-order valence-electron chi connectivity index (χ0n) is 14.5. The number of nitrogens with one attached hydrogen (secondary N) is 1. The molecule has 0 spiro atoms. The highest BCUT2D eigenvalue weighted by Crippen LogP contribution is 2.33. The zero-order valence-corrected chi connectivity index (χ0v) is 15.4. The van der Waals surface area contributed by atoms with Crippen LogP contribution in [0.1, 0.15) is 18.7 Å². The number of ether oxygens (including phenoxy) is 3. The quantitative estimate of drug-likeness (QED) is 0.296. The summed E-state index contributed by atoms with van der Waals surface area (Å²) < 4.78 is 22.6. The van der Waals surface area contributed by atoms with Crippen LogP contribution in [-0.2, 0) is 18.7 Å². The van der Waals surface area contributed by atoms with E-state index in [0.29, 0.717) is 18.8 Å². The zero-order chi connectivity index (χ0) is 19.3. The molecule has 0 amide bonds. The van der Waals surface area contributed by atoms with Crippen molar-refractivity contribution in [2.24, 2.45) is 5.50 Å². The lowest BCUT2D eigenvalue weighted by Crippen LogP contribution is -2.40. The average Bonchev–Trinajstić information content (AvgIpc) is 2.89. The molecule has 1 aromatic rings. The predicted molar refractivity (Wildman–Crippen MR) is 91.5 cm³/mol. The van der Waals surface area contributed by atoms with Gasteiger partial charge >= 0.3 is 5.69 Å². The van der Waals surface area contributed by atoms with Crippen LogP contribution in [-0.4, -0.2) is 64.3 Å². The number of rotatable bonds is 9. The van der Waals surface area contributed by atoms with Gasteiger partial charge in [0.15, 0.2) is 6.23 Å². The largest absolute Gasteiger partial charge is 0.387 e. The van der Waals surface area contributed by atoms with E-state index in [9.17, 15) is 14.7 Å². The van der Waals surface area contributed by atoms with Gasteiger partial charge in [0.1, 0.15) is 18.3 Å². The Balaban J connectivity index is 2.22. The van der Waals surface area contributed by atoms with Gasteiger partial charge in [-0.05, 0) is 13.8 Å². The third kappa shape index (κ3) is 5.18. The van der Waals surface area contributed by atoms with Crippen LogP contribution in [0.2, 0.25) is 0 Å². The lowest BCUT2D eigenvalue weighted by Gasteiger charge is -2.22. The van der Waals surface area contributed by atoms with E-state index < -0.39 is 44.3 Å². The molecule has 1 aliphatic rings. The number of aliphatic hydroxyl groups excluding tert-OH is 1. The molecule has 0 radical (unpaired) electrons. The molecule has 2 heterocycles. The number of nitrogens with two attached hydrogens (primary N) is 1. The van der Waals surface area contributed by atoms with Crippen molar-refractivity contribution in [2.75, 3.05) is 26.4 Å². The minimum atomic E-state index is -2.12. The molecule has 0 aromatic carbocycles. The van der Waals surface area contributed by atoms with Crippen molar-refractivity contribution in [3.05, 3.63) is 32.6 Å². The van der Waals surface area contributed by atoms with Gasteiger partial charge in [-0.2, -0.15) is 0 Å². The topological polar surface area (TPSA) is 158 Å².